The highest BCUT2D eigenvalue weighted by molar-refractivity contribution is 5.83. The van der Waals surface area contributed by atoms with E-state index < -0.39 is 23.5 Å². The summed E-state index contributed by atoms with van der Waals surface area (Å²) in [6.45, 7) is 5.60. The maximum absolute atomic E-state index is 11.7. The summed E-state index contributed by atoms with van der Waals surface area (Å²) in [5.41, 5.74) is 0.340. The molecule has 6 heteroatoms. The zero-order valence-corrected chi connectivity index (χ0v) is 11.3. The predicted octanol–water partition coefficient (Wildman–Crippen LogP) is 1.38. The molecular formula is C13H19N3O3. The maximum Gasteiger partial charge on any atom is 0.326 e. The van der Waals surface area contributed by atoms with Crippen LogP contribution in [0.25, 0.3) is 0 Å². The van der Waals surface area contributed by atoms with Crippen molar-refractivity contribution in [3.63, 3.8) is 0 Å². The number of aromatic nitrogens is 1. The second kappa shape index (κ2) is 6.17. The van der Waals surface area contributed by atoms with Crippen molar-refractivity contribution in [3.05, 3.63) is 30.1 Å². The summed E-state index contributed by atoms with van der Waals surface area (Å²) < 4.78 is 0. The fourth-order valence-electron chi connectivity index (χ4n) is 1.51. The van der Waals surface area contributed by atoms with Crippen molar-refractivity contribution in [2.75, 3.05) is 0 Å². The molecule has 0 aliphatic rings. The molecule has 6 nitrogen and oxygen atoms in total. The van der Waals surface area contributed by atoms with Gasteiger partial charge in [-0.25, -0.2) is 9.59 Å². The van der Waals surface area contributed by atoms with Crippen molar-refractivity contribution in [2.24, 2.45) is 5.41 Å². The van der Waals surface area contributed by atoms with Gasteiger partial charge in [0.2, 0.25) is 0 Å². The third kappa shape index (κ3) is 4.95. The highest BCUT2D eigenvalue weighted by Gasteiger charge is 2.32. The maximum atomic E-state index is 11.7. The van der Waals surface area contributed by atoms with Crippen LogP contribution in [0.3, 0.4) is 0 Å². The van der Waals surface area contributed by atoms with Gasteiger partial charge in [-0.05, 0) is 23.1 Å². The molecule has 3 N–H and O–H groups in total. The van der Waals surface area contributed by atoms with Crippen molar-refractivity contribution >= 4 is 12.0 Å². The van der Waals surface area contributed by atoms with Gasteiger partial charge in [0.05, 0.1) is 0 Å². The molecule has 2 amide bonds. The van der Waals surface area contributed by atoms with Crippen molar-refractivity contribution < 1.29 is 14.7 Å². The Hall–Kier alpha value is -2.11. The first-order valence-electron chi connectivity index (χ1n) is 5.97. The lowest BCUT2D eigenvalue weighted by Gasteiger charge is -2.27. The molecule has 1 rings (SSSR count). The number of aliphatic carboxylic acids is 1. The van der Waals surface area contributed by atoms with Crippen molar-refractivity contribution in [3.8, 4) is 0 Å². The van der Waals surface area contributed by atoms with Crippen LogP contribution in [-0.4, -0.2) is 28.1 Å². The normalized spacial score (nSPS) is 12.6. The summed E-state index contributed by atoms with van der Waals surface area (Å²) in [4.78, 5) is 26.7. The Kier molecular flexibility index (Phi) is 4.86. The monoisotopic (exact) mass is 265 g/mol. The second-order valence-corrected chi connectivity index (χ2v) is 5.32. The fraction of sp³-hybridized carbons (Fsp3) is 0.462. The van der Waals surface area contributed by atoms with E-state index in [1.54, 1.807) is 45.3 Å². The average Bonchev–Trinajstić information content (AvgIpc) is 2.33. The Balaban J connectivity index is 2.52. The van der Waals surface area contributed by atoms with Gasteiger partial charge in [-0.1, -0.05) is 20.8 Å². The zero-order valence-electron chi connectivity index (χ0n) is 11.3. The van der Waals surface area contributed by atoms with Crippen LogP contribution in [-0.2, 0) is 11.3 Å². The molecule has 0 fully saturated rings. The summed E-state index contributed by atoms with van der Waals surface area (Å²) in [5.74, 6) is -1.05. The summed E-state index contributed by atoms with van der Waals surface area (Å²) in [5, 5.41) is 14.2. The fourth-order valence-corrected chi connectivity index (χ4v) is 1.51. The summed E-state index contributed by atoms with van der Waals surface area (Å²) in [6.07, 6.45) is 3.26. The highest BCUT2D eigenvalue weighted by Crippen LogP contribution is 2.19. The molecule has 0 radical (unpaired) electrons. The van der Waals surface area contributed by atoms with E-state index in [0.29, 0.717) is 6.54 Å². The summed E-state index contributed by atoms with van der Waals surface area (Å²) in [6, 6.07) is 2.11. The molecule has 0 aromatic carbocycles. The second-order valence-electron chi connectivity index (χ2n) is 5.32. The molecule has 0 unspecified atom stereocenters. The molecule has 0 saturated heterocycles. The number of carboxylic acid groups (broad SMARTS) is 1. The number of hydrogen-bond acceptors (Lipinski definition) is 3. The number of carbonyl (C=O) groups is 2. The van der Waals surface area contributed by atoms with Gasteiger partial charge in [0.15, 0.2) is 0 Å². The van der Waals surface area contributed by atoms with Gasteiger partial charge >= 0.3 is 12.0 Å². The third-order valence-electron chi connectivity index (χ3n) is 2.59. The lowest BCUT2D eigenvalue weighted by molar-refractivity contribution is -0.141. The minimum atomic E-state index is -1.05. The van der Waals surface area contributed by atoms with Gasteiger partial charge in [0.25, 0.3) is 0 Å². The van der Waals surface area contributed by atoms with E-state index in [1.165, 1.54) is 0 Å². The number of carboxylic acids is 1. The molecule has 1 heterocycles. The number of hydrogen-bond donors (Lipinski definition) is 3. The quantitative estimate of drug-likeness (QED) is 0.767. The lowest BCUT2D eigenvalue weighted by Crippen LogP contribution is -2.52. The number of amides is 2. The van der Waals surface area contributed by atoms with Crippen LogP contribution >= 0.6 is 0 Å². The molecule has 1 atom stereocenters. The standard InChI is InChI=1S/C13H19N3O3/c1-13(2,3)10(11(17)18)16-12(19)15-8-9-4-6-14-7-5-9/h4-7,10H,8H2,1-3H3,(H,17,18)(H2,15,16,19)/t10-/m1/s1. The molecule has 0 aliphatic heterocycles. The van der Waals surface area contributed by atoms with Gasteiger partial charge < -0.3 is 15.7 Å². The molecule has 0 aliphatic carbocycles. The first-order valence-corrected chi connectivity index (χ1v) is 5.97. The van der Waals surface area contributed by atoms with Crippen LogP contribution in [0.5, 0.6) is 0 Å². The Morgan fingerprint density at radius 1 is 1.32 bits per heavy atom. The third-order valence-corrected chi connectivity index (χ3v) is 2.59. The van der Waals surface area contributed by atoms with E-state index in [9.17, 15) is 9.59 Å². The van der Waals surface area contributed by atoms with E-state index in [1.807, 2.05) is 0 Å². The molecule has 0 bridgehead atoms. The van der Waals surface area contributed by atoms with Crippen molar-refractivity contribution in [1.29, 1.82) is 0 Å². The highest BCUT2D eigenvalue weighted by atomic mass is 16.4. The van der Waals surface area contributed by atoms with Gasteiger partial charge in [-0.15, -0.1) is 0 Å². The molecule has 1 aromatic heterocycles. The van der Waals surface area contributed by atoms with E-state index >= 15 is 0 Å². The van der Waals surface area contributed by atoms with E-state index in [0.717, 1.165) is 5.56 Å². The van der Waals surface area contributed by atoms with Gasteiger partial charge in [0.1, 0.15) is 6.04 Å². The molecule has 104 valence electrons. The van der Waals surface area contributed by atoms with Gasteiger partial charge in [-0.2, -0.15) is 0 Å². The van der Waals surface area contributed by atoms with Crippen molar-refractivity contribution in [1.82, 2.24) is 15.6 Å². The number of carbonyl (C=O) groups excluding carboxylic acids is 1. The Morgan fingerprint density at radius 3 is 2.37 bits per heavy atom. The first-order chi connectivity index (χ1) is 8.80. The molecular weight excluding hydrogens is 246 g/mol. The first kappa shape index (κ1) is 14.9. The summed E-state index contributed by atoms with van der Waals surface area (Å²) in [7, 11) is 0. The van der Waals surface area contributed by atoms with Crippen LogP contribution in [0.15, 0.2) is 24.5 Å². The van der Waals surface area contributed by atoms with Crippen LogP contribution < -0.4 is 10.6 Å². The lowest BCUT2D eigenvalue weighted by atomic mass is 9.87. The Bertz CT molecular complexity index is 440. The van der Waals surface area contributed by atoms with Crippen molar-refractivity contribution in [2.45, 2.75) is 33.4 Å². The number of nitrogens with one attached hydrogen (secondary N) is 2. The topological polar surface area (TPSA) is 91.3 Å². The SMILES string of the molecule is CC(C)(C)[C@H](NC(=O)NCc1ccncc1)C(=O)O. The molecule has 0 saturated carbocycles. The van der Waals surface area contributed by atoms with Crippen LogP contribution in [0, 0.1) is 5.41 Å². The number of urea groups is 1. The summed E-state index contributed by atoms with van der Waals surface area (Å²) >= 11 is 0. The smallest absolute Gasteiger partial charge is 0.326 e. The number of nitrogens with zero attached hydrogens (tertiary/aromatic N) is 1. The molecule has 1 aromatic rings. The minimum Gasteiger partial charge on any atom is -0.480 e. The molecule has 19 heavy (non-hydrogen) atoms. The average molecular weight is 265 g/mol. The van der Waals surface area contributed by atoms with Gasteiger partial charge in [0, 0.05) is 18.9 Å². The predicted molar refractivity (Wildman–Crippen MR) is 70.5 cm³/mol. The number of rotatable bonds is 4. The Morgan fingerprint density at radius 2 is 1.89 bits per heavy atom. The van der Waals surface area contributed by atoms with Crippen LogP contribution in [0.4, 0.5) is 4.79 Å². The largest absolute Gasteiger partial charge is 0.480 e. The van der Waals surface area contributed by atoms with E-state index in [-0.39, 0.29) is 0 Å². The van der Waals surface area contributed by atoms with Crippen LogP contribution in [0.1, 0.15) is 26.3 Å². The number of pyridine rings is 1. The zero-order chi connectivity index (χ0) is 14.5. The van der Waals surface area contributed by atoms with E-state index in [4.69, 9.17) is 5.11 Å². The van der Waals surface area contributed by atoms with Gasteiger partial charge in [-0.3, -0.25) is 4.98 Å². The van der Waals surface area contributed by atoms with Crippen LogP contribution in [0.2, 0.25) is 0 Å². The minimum absolute atomic E-state index is 0.324. The van der Waals surface area contributed by atoms with E-state index in [2.05, 4.69) is 15.6 Å². The Labute approximate surface area is 112 Å². The molecule has 0 spiro atoms.